The molecule has 0 bridgehead atoms. The predicted octanol–water partition coefficient (Wildman–Crippen LogP) is 4.40. The summed E-state index contributed by atoms with van der Waals surface area (Å²) in [4.78, 5) is 0. The lowest BCUT2D eigenvalue weighted by Gasteiger charge is -2.32. The molecule has 0 heterocycles. The summed E-state index contributed by atoms with van der Waals surface area (Å²) in [5.41, 5.74) is 0.448. The first-order valence-corrected chi connectivity index (χ1v) is 9.16. The van der Waals surface area contributed by atoms with Crippen LogP contribution in [0.3, 0.4) is 0 Å². The molecule has 0 aliphatic heterocycles. The van der Waals surface area contributed by atoms with E-state index in [1.165, 1.54) is 38.5 Å². The lowest BCUT2D eigenvalue weighted by atomic mass is 10.1. The lowest BCUT2D eigenvalue weighted by Crippen LogP contribution is -2.47. The maximum absolute atomic E-state index is 5.62. The van der Waals surface area contributed by atoms with E-state index in [1.54, 1.807) is 21.3 Å². The minimum Gasteiger partial charge on any atom is -0.377 e. The van der Waals surface area contributed by atoms with E-state index in [2.05, 4.69) is 13.8 Å². The molecule has 0 N–H and O–H groups in total. The minimum absolute atomic E-state index is 0.448. The molecule has 0 amide bonds. The molecule has 0 aromatic heterocycles. The van der Waals surface area contributed by atoms with Gasteiger partial charge < -0.3 is 13.3 Å². The van der Waals surface area contributed by atoms with Crippen molar-refractivity contribution >= 4 is 8.80 Å². The van der Waals surface area contributed by atoms with Gasteiger partial charge in [-0.3, -0.25) is 0 Å². The van der Waals surface area contributed by atoms with Gasteiger partial charge in [-0.05, 0) is 12.8 Å². The summed E-state index contributed by atoms with van der Waals surface area (Å²) in [6.07, 6.45) is 10.0. The molecular formula is C14H32O3Si. The summed E-state index contributed by atoms with van der Waals surface area (Å²) in [7, 11) is 2.73. The predicted molar refractivity (Wildman–Crippen MR) is 78.8 cm³/mol. The fourth-order valence-corrected chi connectivity index (χ4v) is 5.29. The van der Waals surface area contributed by atoms with Gasteiger partial charge in [0.2, 0.25) is 0 Å². The average molecular weight is 276 g/mol. The molecule has 18 heavy (non-hydrogen) atoms. The topological polar surface area (TPSA) is 27.7 Å². The number of rotatable bonds is 12. The lowest BCUT2D eigenvalue weighted by molar-refractivity contribution is 0.107. The molecule has 1 atom stereocenters. The number of hydrogen-bond donors (Lipinski definition) is 0. The zero-order chi connectivity index (χ0) is 13.9. The van der Waals surface area contributed by atoms with Crippen LogP contribution in [-0.2, 0) is 13.3 Å². The Hall–Kier alpha value is 0.0969. The Bertz CT molecular complexity index is 176. The fraction of sp³-hybridized carbons (Fsp3) is 1.00. The van der Waals surface area contributed by atoms with Crippen molar-refractivity contribution in [2.75, 3.05) is 21.3 Å². The minimum atomic E-state index is -2.44. The summed E-state index contributed by atoms with van der Waals surface area (Å²) in [6.45, 7) is 4.46. The molecule has 0 saturated carbocycles. The zero-order valence-electron chi connectivity index (χ0n) is 13.0. The van der Waals surface area contributed by atoms with Crippen molar-refractivity contribution in [2.24, 2.45) is 0 Å². The van der Waals surface area contributed by atoms with Crippen molar-refractivity contribution in [2.45, 2.75) is 70.8 Å². The highest BCUT2D eigenvalue weighted by Crippen LogP contribution is 2.33. The summed E-state index contributed by atoms with van der Waals surface area (Å²) in [5, 5.41) is 0. The zero-order valence-corrected chi connectivity index (χ0v) is 14.0. The molecule has 0 rings (SSSR count). The third-order valence-electron chi connectivity index (χ3n) is 3.65. The van der Waals surface area contributed by atoms with Crippen LogP contribution in [0.5, 0.6) is 0 Å². The highest BCUT2D eigenvalue weighted by atomic mass is 28.4. The van der Waals surface area contributed by atoms with Gasteiger partial charge in [0.25, 0.3) is 0 Å². The summed E-state index contributed by atoms with van der Waals surface area (Å²) >= 11 is 0. The fourth-order valence-electron chi connectivity index (χ4n) is 2.59. The van der Waals surface area contributed by atoms with E-state index in [0.717, 1.165) is 12.8 Å². The van der Waals surface area contributed by atoms with Gasteiger partial charge in [-0.15, -0.1) is 0 Å². The second-order valence-electron chi connectivity index (χ2n) is 4.90. The van der Waals surface area contributed by atoms with Crippen LogP contribution in [0.2, 0.25) is 5.54 Å². The molecule has 3 nitrogen and oxygen atoms in total. The number of unbranched alkanes of at least 4 members (excludes halogenated alkanes) is 4. The van der Waals surface area contributed by atoms with E-state index in [4.69, 9.17) is 13.3 Å². The van der Waals surface area contributed by atoms with Crippen molar-refractivity contribution < 1.29 is 13.3 Å². The van der Waals surface area contributed by atoms with Gasteiger partial charge in [0.05, 0.1) is 0 Å². The van der Waals surface area contributed by atoms with E-state index >= 15 is 0 Å². The van der Waals surface area contributed by atoms with Crippen LogP contribution in [0.1, 0.15) is 65.2 Å². The second kappa shape index (κ2) is 11.0. The van der Waals surface area contributed by atoms with Gasteiger partial charge in [0.15, 0.2) is 0 Å². The van der Waals surface area contributed by atoms with Crippen molar-refractivity contribution in [1.29, 1.82) is 0 Å². The molecule has 4 heteroatoms. The van der Waals surface area contributed by atoms with E-state index in [0.29, 0.717) is 5.54 Å². The van der Waals surface area contributed by atoms with Gasteiger partial charge in [0, 0.05) is 26.9 Å². The highest BCUT2D eigenvalue weighted by molar-refractivity contribution is 6.62. The third-order valence-corrected chi connectivity index (χ3v) is 6.93. The maximum atomic E-state index is 5.62. The van der Waals surface area contributed by atoms with Gasteiger partial charge in [-0.2, -0.15) is 0 Å². The molecule has 110 valence electrons. The largest absolute Gasteiger partial charge is 0.503 e. The molecule has 0 saturated heterocycles. The molecule has 0 aliphatic carbocycles. The van der Waals surface area contributed by atoms with E-state index < -0.39 is 8.80 Å². The van der Waals surface area contributed by atoms with Crippen LogP contribution in [0.4, 0.5) is 0 Å². The van der Waals surface area contributed by atoms with Gasteiger partial charge in [0.1, 0.15) is 0 Å². The molecule has 0 fully saturated rings. The molecule has 0 aliphatic rings. The quantitative estimate of drug-likeness (QED) is 0.391. The Kier molecular flexibility index (Phi) is 11.0. The Morgan fingerprint density at radius 3 is 1.72 bits per heavy atom. The monoisotopic (exact) mass is 276 g/mol. The Labute approximate surface area is 115 Å². The number of hydrogen-bond acceptors (Lipinski definition) is 3. The van der Waals surface area contributed by atoms with Crippen LogP contribution >= 0.6 is 0 Å². The van der Waals surface area contributed by atoms with Crippen LogP contribution in [0.25, 0.3) is 0 Å². The van der Waals surface area contributed by atoms with Crippen LogP contribution in [0.15, 0.2) is 0 Å². The third kappa shape index (κ3) is 5.82. The van der Waals surface area contributed by atoms with E-state index in [1.807, 2.05) is 0 Å². The Balaban J connectivity index is 4.26. The molecule has 0 aromatic carbocycles. The molecule has 0 radical (unpaired) electrons. The molecule has 1 unspecified atom stereocenters. The average Bonchev–Trinajstić information content (AvgIpc) is 2.41. The van der Waals surface area contributed by atoms with Crippen LogP contribution in [-0.4, -0.2) is 30.1 Å². The van der Waals surface area contributed by atoms with Crippen LogP contribution in [0, 0.1) is 0 Å². The molecule has 0 spiro atoms. The van der Waals surface area contributed by atoms with Gasteiger partial charge in [-0.25, -0.2) is 0 Å². The Morgan fingerprint density at radius 2 is 1.28 bits per heavy atom. The van der Waals surface area contributed by atoms with Crippen LogP contribution < -0.4 is 0 Å². The van der Waals surface area contributed by atoms with Crippen molar-refractivity contribution in [3.8, 4) is 0 Å². The molecular weight excluding hydrogens is 244 g/mol. The van der Waals surface area contributed by atoms with E-state index in [9.17, 15) is 0 Å². The van der Waals surface area contributed by atoms with Gasteiger partial charge in [-0.1, -0.05) is 52.4 Å². The summed E-state index contributed by atoms with van der Waals surface area (Å²) in [6, 6.07) is 0. The summed E-state index contributed by atoms with van der Waals surface area (Å²) < 4.78 is 16.9. The maximum Gasteiger partial charge on any atom is 0.503 e. The molecule has 0 aromatic rings. The normalized spacial score (nSPS) is 13.8. The highest BCUT2D eigenvalue weighted by Gasteiger charge is 2.45. The van der Waals surface area contributed by atoms with Crippen molar-refractivity contribution in [1.82, 2.24) is 0 Å². The second-order valence-corrected chi connectivity index (χ2v) is 8.15. The smallest absolute Gasteiger partial charge is 0.377 e. The van der Waals surface area contributed by atoms with Crippen molar-refractivity contribution in [3.05, 3.63) is 0 Å². The first-order chi connectivity index (χ1) is 8.70. The van der Waals surface area contributed by atoms with Gasteiger partial charge >= 0.3 is 8.80 Å². The SMILES string of the molecule is CCCCCCCC(CCC)[Si](OC)(OC)OC. The van der Waals surface area contributed by atoms with E-state index in [-0.39, 0.29) is 0 Å². The van der Waals surface area contributed by atoms with Crippen molar-refractivity contribution in [3.63, 3.8) is 0 Å². The first-order valence-electron chi connectivity index (χ1n) is 7.36. The first kappa shape index (κ1) is 18.1. The Morgan fingerprint density at radius 1 is 0.722 bits per heavy atom. The summed E-state index contributed by atoms with van der Waals surface area (Å²) in [5.74, 6) is 0. The standard InChI is InChI=1S/C14H32O3Si/c1-6-8-9-10-11-13-14(12-7-2)18(15-3,16-4)17-5/h14H,6-13H2,1-5H3.